The van der Waals surface area contributed by atoms with Crippen molar-refractivity contribution in [3.8, 4) is 0 Å². The van der Waals surface area contributed by atoms with E-state index < -0.39 is 21.0 Å². The van der Waals surface area contributed by atoms with Crippen molar-refractivity contribution in [2.24, 2.45) is 5.92 Å². The van der Waals surface area contributed by atoms with Crippen molar-refractivity contribution in [1.82, 2.24) is 4.72 Å². The van der Waals surface area contributed by atoms with E-state index in [9.17, 15) is 23.3 Å². The molecule has 0 radical (unpaired) electrons. The highest BCUT2D eigenvalue weighted by molar-refractivity contribution is 7.89. The van der Waals surface area contributed by atoms with E-state index in [1.54, 1.807) is 0 Å². The standard InChI is InChI=1S/C15H22N2O5S/c1-4-12(5-2)10-15(11(3)18)16-23(21,22)14-8-6-13(7-9-14)17(19)20/h6-9,12,15-16H,4-5,10H2,1-3H3/t15-/m1/s1. The molecular weight excluding hydrogens is 320 g/mol. The van der Waals surface area contributed by atoms with Gasteiger partial charge in [0.25, 0.3) is 5.69 Å². The summed E-state index contributed by atoms with van der Waals surface area (Å²) in [4.78, 5) is 21.7. The third-order valence-electron chi connectivity index (χ3n) is 3.87. The van der Waals surface area contributed by atoms with Gasteiger partial charge in [-0.25, -0.2) is 13.1 Å². The van der Waals surface area contributed by atoms with Crippen LogP contribution in [0.15, 0.2) is 29.2 Å². The second kappa shape index (κ2) is 8.16. The number of sulfonamides is 1. The Morgan fingerprint density at radius 2 is 1.74 bits per heavy atom. The van der Waals surface area contributed by atoms with Gasteiger partial charge in [-0.1, -0.05) is 26.7 Å². The summed E-state index contributed by atoms with van der Waals surface area (Å²) in [5, 5.41) is 10.6. The van der Waals surface area contributed by atoms with Gasteiger partial charge < -0.3 is 0 Å². The van der Waals surface area contributed by atoms with E-state index in [0.29, 0.717) is 6.42 Å². The molecule has 7 nitrogen and oxygen atoms in total. The number of nitrogens with one attached hydrogen (secondary N) is 1. The highest BCUT2D eigenvalue weighted by atomic mass is 32.2. The Morgan fingerprint density at radius 1 is 1.22 bits per heavy atom. The van der Waals surface area contributed by atoms with E-state index in [4.69, 9.17) is 0 Å². The second-order valence-corrected chi connectivity index (χ2v) is 7.17. The third-order valence-corrected chi connectivity index (χ3v) is 5.36. The van der Waals surface area contributed by atoms with Gasteiger partial charge in [0, 0.05) is 12.1 Å². The molecule has 1 atom stereocenters. The summed E-state index contributed by atoms with van der Waals surface area (Å²) in [6.45, 7) is 5.35. The summed E-state index contributed by atoms with van der Waals surface area (Å²) >= 11 is 0. The molecule has 1 rings (SSSR count). The van der Waals surface area contributed by atoms with Crippen LogP contribution in [0.5, 0.6) is 0 Å². The van der Waals surface area contributed by atoms with Crippen LogP contribution >= 0.6 is 0 Å². The highest BCUT2D eigenvalue weighted by Crippen LogP contribution is 2.19. The molecule has 128 valence electrons. The summed E-state index contributed by atoms with van der Waals surface area (Å²) < 4.78 is 27.1. The first kappa shape index (κ1) is 19.2. The third kappa shape index (κ3) is 5.40. The Labute approximate surface area is 136 Å². The van der Waals surface area contributed by atoms with Crippen molar-refractivity contribution in [1.29, 1.82) is 0 Å². The maximum atomic E-state index is 12.4. The zero-order chi connectivity index (χ0) is 17.6. The molecule has 0 amide bonds. The van der Waals surface area contributed by atoms with Crippen molar-refractivity contribution in [2.75, 3.05) is 0 Å². The summed E-state index contributed by atoms with van der Waals surface area (Å²) in [5.41, 5.74) is -0.191. The average molecular weight is 342 g/mol. The van der Waals surface area contributed by atoms with Crippen LogP contribution in [-0.4, -0.2) is 25.2 Å². The Hall–Kier alpha value is -1.80. The number of benzene rings is 1. The van der Waals surface area contributed by atoms with Gasteiger partial charge >= 0.3 is 0 Å². The number of hydrogen-bond donors (Lipinski definition) is 1. The number of carbonyl (C=O) groups excluding carboxylic acids is 1. The van der Waals surface area contributed by atoms with E-state index in [1.807, 2.05) is 13.8 Å². The molecule has 1 aromatic carbocycles. The lowest BCUT2D eigenvalue weighted by Gasteiger charge is -2.21. The summed E-state index contributed by atoms with van der Waals surface area (Å²) in [6, 6.07) is 3.78. The number of carbonyl (C=O) groups is 1. The molecule has 0 aliphatic rings. The Morgan fingerprint density at radius 3 is 2.13 bits per heavy atom. The Balaban J connectivity index is 2.97. The Bertz CT molecular complexity index is 651. The molecule has 0 heterocycles. The number of Topliss-reactive ketones (excluding diaryl/α,β-unsaturated/α-hetero) is 1. The van der Waals surface area contributed by atoms with E-state index in [1.165, 1.54) is 6.92 Å². The van der Waals surface area contributed by atoms with E-state index in [-0.39, 0.29) is 22.3 Å². The van der Waals surface area contributed by atoms with Gasteiger partial charge in [-0.15, -0.1) is 0 Å². The Kier molecular flexibility index (Phi) is 6.83. The monoisotopic (exact) mass is 342 g/mol. The van der Waals surface area contributed by atoms with Gasteiger partial charge in [-0.2, -0.15) is 0 Å². The molecule has 0 spiro atoms. The molecule has 1 N–H and O–H groups in total. The smallest absolute Gasteiger partial charge is 0.269 e. The number of ketones is 1. The maximum absolute atomic E-state index is 12.4. The molecule has 0 bridgehead atoms. The molecule has 0 saturated carbocycles. The van der Waals surface area contributed by atoms with Gasteiger partial charge in [-0.3, -0.25) is 14.9 Å². The second-order valence-electron chi connectivity index (χ2n) is 5.45. The van der Waals surface area contributed by atoms with Crippen LogP contribution in [0.3, 0.4) is 0 Å². The summed E-state index contributed by atoms with van der Waals surface area (Å²) in [6.07, 6.45) is 2.16. The van der Waals surface area contributed by atoms with Crippen LogP contribution in [0, 0.1) is 16.0 Å². The van der Waals surface area contributed by atoms with Gasteiger partial charge in [0.15, 0.2) is 0 Å². The van der Waals surface area contributed by atoms with Crippen LogP contribution in [0.25, 0.3) is 0 Å². The first-order valence-electron chi connectivity index (χ1n) is 7.48. The van der Waals surface area contributed by atoms with Crippen LogP contribution in [0.2, 0.25) is 0 Å². The SMILES string of the molecule is CCC(CC)C[C@@H](NS(=O)(=O)c1ccc([N+](=O)[O-])cc1)C(C)=O. The van der Waals surface area contributed by atoms with Gasteiger partial charge in [0.1, 0.15) is 5.78 Å². The largest absolute Gasteiger partial charge is 0.298 e. The predicted octanol–water partition coefficient (Wildman–Crippen LogP) is 2.66. The lowest BCUT2D eigenvalue weighted by atomic mass is 9.94. The molecule has 8 heteroatoms. The molecule has 1 aromatic rings. The van der Waals surface area contributed by atoms with Gasteiger partial charge in [-0.05, 0) is 31.4 Å². The van der Waals surface area contributed by atoms with Crippen LogP contribution in [-0.2, 0) is 14.8 Å². The molecule has 0 fully saturated rings. The van der Waals surface area contributed by atoms with E-state index >= 15 is 0 Å². The van der Waals surface area contributed by atoms with Crippen LogP contribution in [0.1, 0.15) is 40.0 Å². The van der Waals surface area contributed by atoms with Crippen LogP contribution < -0.4 is 4.72 Å². The molecular formula is C15H22N2O5S. The number of nitro groups is 1. The zero-order valence-corrected chi connectivity index (χ0v) is 14.3. The molecule has 0 aromatic heterocycles. The fraction of sp³-hybridized carbons (Fsp3) is 0.533. The number of nitrogens with zero attached hydrogens (tertiary/aromatic N) is 1. The minimum Gasteiger partial charge on any atom is -0.298 e. The highest BCUT2D eigenvalue weighted by Gasteiger charge is 2.25. The molecule has 23 heavy (non-hydrogen) atoms. The fourth-order valence-corrected chi connectivity index (χ4v) is 3.52. The molecule has 0 unspecified atom stereocenters. The van der Waals surface area contributed by atoms with Crippen LogP contribution in [0.4, 0.5) is 5.69 Å². The minimum absolute atomic E-state index is 0.0982. The van der Waals surface area contributed by atoms with Crippen molar-refractivity contribution < 1.29 is 18.1 Å². The van der Waals surface area contributed by atoms with Gasteiger partial charge in [0.2, 0.25) is 10.0 Å². The number of hydrogen-bond acceptors (Lipinski definition) is 5. The first-order valence-corrected chi connectivity index (χ1v) is 8.96. The summed E-state index contributed by atoms with van der Waals surface area (Å²) in [7, 11) is -3.90. The van der Waals surface area contributed by atoms with Crippen molar-refractivity contribution in [3.05, 3.63) is 34.4 Å². The normalized spacial score (nSPS) is 13.0. The first-order chi connectivity index (χ1) is 10.7. The zero-order valence-electron chi connectivity index (χ0n) is 13.5. The topological polar surface area (TPSA) is 106 Å². The lowest BCUT2D eigenvalue weighted by Crippen LogP contribution is -2.41. The minimum atomic E-state index is -3.90. The molecule has 0 aliphatic heterocycles. The fourth-order valence-electron chi connectivity index (χ4n) is 2.25. The predicted molar refractivity (Wildman–Crippen MR) is 86.6 cm³/mol. The van der Waals surface area contributed by atoms with Gasteiger partial charge in [0.05, 0.1) is 15.9 Å². The number of nitro benzene ring substituents is 1. The van der Waals surface area contributed by atoms with Crippen molar-refractivity contribution in [2.45, 2.75) is 51.0 Å². The average Bonchev–Trinajstić information content (AvgIpc) is 2.51. The molecule has 0 aliphatic carbocycles. The number of non-ortho nitro benzene ring substituents is 1. The van der Waals surface area contributed by atoms with E-state index in [2.05, 4.69) is 4.72 Å². The van der Waals surface area contributed by atoms with Crippen molar-refractivity contribution in [3.63, 3.8) is 0 Å². The number of rotatable bonds is 9. The lowest BCUT2D eigenvalue weighted by molar-refractivity contribution is -0.384. The van der Waals surface area contributed by atoms with Crippen molar-refractivity contribution >= 4 is 21.5 Å². The molecule has 0 saturated heterocycles. The van der Waals surface area contributed by atoms with E-state index in [0.717, 1.165) is 37.1 Å². The maximum Gasteiger partial charge on any atom is 0.269 e. The summed E-state index contributed by atoms with van der Waals surface area (Å²) in [5.74, 6) is 0.00541. The quantitative estimate of drug-likeness (QED) is 0.548.